The number of para-hydroxylation sites is 4. The lowest BCUT2D eigenvalue weighted by molar-refractivity contribution is 1.18. The summed E-state index contributed by atoms with van der Waals surface area (Å²) in [6.45, 7) is 0. The number of hydrogen-bond acceptors (Lipinski definition) is 2. The van der Waals surface area contributed by atoms with Crippen molar-refractivity contribution in [1.82, 2.24) is 9.13 Å². The SMILES string of the molecule is c1ccc(-n2c3ccccc3c3cc(-c4ccc(N(c5ccc(-c6ccc(-n7c8ccccc8c8ccccc87)cc6)cc5)c5ccc(-c6cccc7c6sc6ccccc67)cc5)cc4)ccc32)cc1. The summed E-state index contributed by atoms with van der Waals surface area (Å²) in [7, 11) is 0. The van der Waals surface area contributed by atoms with E-state index in [2.05, 4.69) is 275 Å². The third kappa shape index (κ3) is 6.57. The van der Waals surface area contributed by atoms with Crippen LogP contribution in [0.4, 0.5) is 17.1 Å². The van der Waals surface area contributed by atoms with E-state index >= 15 is 0 Å². The molecular formula is C66H43N3S. The Kier molecular flexibility index (Phi) is 9.39. The van der Waals surface area contributed by atoms with Gasteiger partial charge in [-0.05, 0) is 130 Å². The van der Waals surface area contributed by atoms with Gasteiger partial charge in [-0.15, -0.1) is 11.3 Å². The Morgan fingerprint density at radius 2 is 0.686 bits per heavy atom. The van der Waals surface area contributed by atoms with Gasteiger partial charge in [-0.25, -0.2) is 0 Å². The molecule has 11 aromatic carbocycles. The first kappa shape index (κ1) is 40.1. The fourth-order valence-corrected chi connectivity index (χ4v) is 12.1. The van der Waals surface area contributed by atoms with E-state index in [1.807, 2.05) is 11.3 Å². The quantitative estimate of drug-likeness (QED) is 0.148. The molecule has 0 radical (unpaired) electrons. The largest absolute Gasteiger partial charge is 0.311 e. The van der Waals surface area contributed by atoms with Crippen LogP contribution in [0.3, 0.4) is 0 Å². The third-order valence-electron chi connectivity index (χ3n) is 14.2. The van der Waals surface area contributed by atoms with Gasteiger partial charge in [0.05, 0.1) is 22.1 Å². The Morgan fingerprint density at radius 1 is 0.271 bits per heavy atom. The highest BCUT2D eigenvalue weighted by Gasteiger charge is 2.18. The number of fused-ring (bicyclic) bond motifs is 9. The molecule has 3 aromatic heterocycles. The number of aromatic nitrogens is 2. The van der Waals surface area contributed by atoms with Gasteiger partial charge in [0.15, 0.2) is 0 Å². The molecule has 4 heteroatoms. The van der Waals surface area contributed by atoms with Gasteiger partial charge in [0.2, 0.25) is 0 Å². The zero-order chi connectivity index (χ0) is 46.1. The summed E-state index contributed by atoms with van der Waals surface area (Å²) in [5.74, 6) is 0. The minimum Gasteiger partial charge on any atom is -0.311 e. The van der Waals surface area contributed by atoms with E-state index < -0.39 is 0 Å². The molecule has 70 heavy (non-hydrogen) atoms. The van der Waals surface area contributed by atoms with E-state index in [0.717, 1.165) is 28.4 Å². The molecular weight excluding hydrogens is 867 g/mol. The molecule has 0 bridgehead atoms. The number of anilines is 3. The standard InChI is InChI=1S/C66H43N3S/c1-2-13-49(14-3-1)68-63-23-10-6-17-57(63)60-43-48(33-42-64(60)68)46-29-36-51(37-30-46)67(52-40-31-47(32-41-52)54-19-12-20-59-58-18-7-11-24-65(58)70-66(54)59)50-34-25-44(26-35-50)45-27-38-53(39-28-45)69-61-21-8-4-15-55(61)56-16-5-9-22-62(56)69/h1-43H. The van der Waals surface area contributed by atoms with Crippen LogP contribution in [0.1, 0.15) is 0 Å². The first-order chi connectivity index (χ1) is 34.7. The zero-order valence-corrected chi connectivity index (χ0v) is 38.9. The Balaban J connectivity index is 0.829. The van der Waals surface area contributed by atoms with Crippen molar-refractivity contribution in [1.29, 1.82) is 0 Å². The number of thiophene rings is 1. The number of hydrogen-bond donors (Lipinski definition) is 0. The van der Waals surface area contributed by atoms with Crippen molar-refractivity contribution >= 4 is 92.2 Å². The summed E-state index contributed by atoms with van der Waals surface area (Å²) < 4.78 is 7.39. The van der Waals surface area contributed by atoms with Gasteiger partial charge in [-0.1, -0.05) is 164 Å². The first-order valence-electron chi connectivity index (χ1n) is 23.9. The highest BCUT2D eigenvalue weighted by molar-refractivity contribution is 7.26. The van der Waals surface area contributed by atoms with Crippen molar-refractivity contribution in [2.24, 2.45) is 0 Å². The van der Waals surface area contributed by atoms with Crippen molar-refractivity contribution in [3.63, 3.8) is 0 Å². The second kappa shape index (κ2) is 16.4. The normalized spacial score (nSPS) is 11.7. The summed E-state index contributed by atoms with van der Waals surface area (Å²) >= 11 is 1.87. The van der Waals surface area contributed by atoms with E-state index in [9.17, 15) is 0 Å². The molecule has 0 N–H and O–H groups in total. The highest BCUT2D eigenvalue weighted by atomic mass is 32.1. The van der Waals surface area contributed by atoms with Crippen molar-refractivity contribution in [3.8, 4) is 44.8 Å². The van der Waals surface area contributed by atoms with Gasteiger partial charge in [0.25, 0.3) is 0 Å². The molecule has 0 aliphatic rings. The van der Waals surface area contributed by atoms with E-state index in [1.165, 1.54) is 97.2 Å². The molecule has 0 aliphatic carbocycles. The topological polar surface area (TPSA) is 13.1 Å². The average molecular weight is 910 g/mol. The minimum absolute atomic E-state index is 1.09. The molecule has 328 valence electrons. The van der Waals surface area contributed by atoms with Crippen LogP contribution in [0.2, 0.25) is 0 Å². The predicted octanol–water partition coefficient (Wildman–Crippen LogP) is 18.7. The molecule has 3 nitrogen and oxygen atoms in total. The Labute approximate surface area is 409 Å². The maximum absolute atomic E-state index is 2.37. The number of benzene rings is 11. The second-order valence-corrected chi connectivity index (χ2v) is 19.1. The molecule has 0 aliphatic heterocycles. The van der Waals surface area contributed by atoms with Crippen molar-refractivity contribution in [2.45, 2.75) is 0 Å². The van der Waals surface area contributed by atoms with Gasteiger partial charge in [-0.3, -0.25) is 0 Å². The van der Waals surface area contributed by atoms with E-state index in [0.29, 0.717) is 0 Å². The van der Waals surface area contributed by atoms with Gasteiger partial charge in [0.1, 0.15) is 0 Å². The molecule has 0 spiro atoms. The molecule has 0 amide bonds. The van der Waals surface area contributed by atoms with Gasteiger partial charge in [0, 0.05) is 70.2 Å². The summed E-state index contributed by atoms with van der Waals surface area (Å²) in [4.78, 5) is 2.37. The lowest BCUT2D eigenvalue weighted by Crippen LogP contribution is -2.09. The average Bonchev–Trinajstić information content (AvgIpc) is 4.10. The fraction of sp³-hybridized carbons (Fsp3) is 0. The molecule has 0 saturated carbocycles. The van der Waals surface area contributed by atoms with Crippen LogP contribution in [0.5, 0.6) is 0 Å². The lowest BCUT2D eigenvalue weighted by atomic mass is 10.0. The van der Waals surface area contributed by atoms with Gasteiger partial charge < -0.3 is 14.0 Å². The fourth-order valence-electron chi connectivity index (χ4n) is 10.8. The lowest BCUT2D eigenvalue weighted by Gasteiger charge is -2.26. The number of nitrogens with zero attached hydrogens (tertiary/aromatic N) is 3. The van der Waals surface area contributed by atoms with Crippen LogP contribution < -0.4 is 4.90 Å². The van der Waals surface area contributed by atoms with Crippen molar-refractivity contribution < 1.29 is 0 Å². The summed E-state index contributed by atoms with van der Waals surface area (Å²) in [5, 5.41) is 7.66. The molecule has 0 saturated heterocycles. The summed E-state index contributed by atoms with van der Waals surface area (Å²) in [5.41, 5.74) is 17.6. The Morgan fingerprint density at radius 3 is 1.27 bits per heavy atom. The van der Waals surface area contributed by atoms with Crippen LogP contribution in [0, 0.1) is 0 Å². The molecule has 0 atom stereocenters. The van der Waals surface area contributed by atoms with E-state index in [-0.39, 0.29) is 0 Å². The number of rotatable bonds is 8. The minimum atomic E-state index is 1.09. The van der Waals surface area contributed by atoms with Crippen LogP contribution in [-0.4, -0.2) is 9.13 Å². The van der Waals surface area contributed by atoms with Gasteiger partial charge >= 0.3 is 0 Å². The second-order valence-electron chi connectivity index (χ2n) is 18.1. The molecule has 0 unspecified atom stereocenters. The Bertz CT molecular complexity index is 4200. The molecule has 3 heterocycles. The maximum Gasteiger partial charge on any atom is 0.0541 e. The van der Waals surface area contributed by atoms with Crippen molar-refractivity contribution in [2.75, 3.05) is 4.90 Å². The van der Waals surface area contributed by atoms with Crippen molar-refractivity contribution in [3.05, 3.63) is 261 Å². The third-order valence-corrected chi connectivity index (χ3v) is 15.4. The highest BCUT2D eigenvalue weighted by Crippen LogP contribution is 2.43. The zero-order valence-electron chi connectivity index (χ0n) is 38.1. The van der Waals surface area contributed by atoms with E-state index in [1.54, 1.807) is 0 Å². The van der Waals surface area contributed by atoms with E-state index in [4.69, 9.17) is 0 Å². The Hall–Kier alpha value is -8.96. The van der Waals surface area contributed by atoms with Crippen LogP contribution >= 0.6 is 11.3 Å². The van der Waals surface area contributed by atoms with Crippen LogP contribution in [0.15, 0.2) is 261 Å². The van der Waals surface area contributed by atoms with Crippen LogP contribution in [0.25, 0.3) is 109 Å². The van der Waals surface area contributed by atoms with Crippen LogP contribution in [-0.2, 0) is 0 Å². The smallest absolute Gasteiger partial charge is 0.0541 e. The molecule has 14 aromatic rings. The van der Waals surface area contributed by atoms with Gasteiger partial charge in [-0.2, -0.15) is 0 Å². The maximum atomic E-state index is 2.37. The monoisotopic (exact) mass is 909 g/mol. The predicted molar refractivity (Wildman–Crippen MR) is 299 cm³/mol. The molecule has 14 rings (SSSR count). The summed E-state index contributed by atoms with van der Waals surface area (Å²) in [6, 6.07) is 95.3. The first-order valence-corrected chi connectivity index (χ1v) is 24.7. The molecule has 0 fully saturated rings. The summed E-state index contributed by atoms with van der Waals surface area (Å²) in [6.07, 6.45) is 0.